The first kappa shape index (κ1) is 14.2. The second-order valence-corrected chi connectivity index (χ2v) is 5.40. The highest BCUT2D eigenvalue weighted by Gasteiger charge is 2.25. The molecule has 1 aliphatic heterocycles. The molecule has 19 heavy (non-hydrogen) atoms. The lowest BCUT2D eigenvalue weighted by Gasteiger charge is -2.29. The molecule has 0 saturated carbocycles. The fourth-order valence-corrected chi connectivity index (χ4v) is 2.32. The lowest BCUT2D eigenvalue weighted by Crippen LogP contribution is -2.39. The summed E-state index contributed by atoms with van der Waals surface area (Å²) in [5.41, 5.74) is -0.0296. The second-order valence-electron chi connectivity index (χ2n) is 5.40. The monoisotopic (exact) mass is 269 g/mol. The van der Waals surface area contributed by atoms with Crippen LogP contribution in [0.4, 0.5) is 14.6 Å². The van der Waals surface area contributed by atoms with E-state index in [4.69, 9.17) is 0 Å². The third kappa shape index (κ3) is 3.86. The van der Waals surface area contributed by atoms with Crippen LogP contribution in [0.3, 0.4) is 0 Å². The summed E-state index contributed by atoms with van der Waals surface area (Å²) in [7, 11) is 0. The third-order valence-corrected chi connectivity index (χ3v) is 3.39. The molecule has 1 saturated heterocycles. The highest BCUT2D eigenvalue weighted by molar-refractivity contribution is 5.40. The van der Waals surface area contributed by atoms with E-state index in [1.54, 1.807) is 6.07 Å². The second kappa shape index (κ2) is 5.82. The number of hydrogen-bond acceptors (Lipinski definition) is 3. The lowest BCUT2D eigenvalue weighted by atomic mass is 10.1. The summed E-state index contributed by atoms with van der Waals surface area (Å²) in [6, 6.07) is 3.18. The van der Waals surface area contributed by atoms with Crippen molar-refractivity contribution < 1.29 is 8.78 Å². The molecular formula is C14H21F2N3. The molecule has 0 spiro atoms. The molecule has 1 unspecified atom stereocenters. The molecule has 0 aliphatic carbocycles. The van der Waals surface area contributed by atoms with E-state index in [0.29, 0.717) is 5.92 Å². The molecule has 1 aromatic rings. The molecule has 2 rings (SSSR count). The summed E-state index contributed by atoms with van der Waals surface area (Å²) >= 11 is 0. The van der Waals surface area contributed by atoms with Gasteiger partial charge >= 0.3 is 0 Å². The maximum Gasteiger partial charge on any atom is 0.272 e. The van der Waals surface area contributed by atoms with Gasteiger partial charge in [0.2, 0.25) is 0 Å². The van der Waals surface area contributed by atoms with E-state index in [1.165, 1.54) is 12.3 Å². The fourth-order valence-electron chi connectivity index (χ4n) is 2.32. The number of alkyl halides is 2. The van der Waals surface area contributed by atoms with Crippen molar-refractivity contribution in [2.45, 2.75) is 26.2 Å². The Bertz CT molecular complexity index is 400. The highest BCUT2D eigenvalue weighted by atomic mass is 19.3. The molecule has 1 aliphatic rings. The van der Waals surface area contributed by atoms with Crippen LogP contribution in [0.25, 0.3) is 0 Å². The van der Waals surface area contributed by atoms with Gasteiger partial charge < -0.3 is 10.2 Å². The predicted molar refractivity (Wildman–Crippen MR) is 72.7 cm³/mol. The van der Waals surface area contributed by atoms with E-state index < -0.39 is 5.92 Å². The van der Waals surface area contributed by atoms with Gasteiger partial charge in [-0.2, -0.15) is 0 Å². The van der Waals surface area contributed by atoms with Gasteiger partial charge in [-0.25, -0.2) is 13.8 Å². The quantitative estimate of drug-likeness (QED) is 0.894. The summed E-state index contributed by atoms with van der Waals surface area (Å²) in [5, 5.41) is 3.39. The normalized spacial score (nSPS) is 21.9. The Labute approximate surface area is 113 Å². The Kier molecular flexibility index (Phi) is 4.34. The zero-order valence-electron chi connectivity index (χ0n) is 11.5. The fraction of sp³-hybridized carbons (Fsp3) is 0.643. The van der Waals surface area contributed by atoms with Gasteiger partial charge in [0, 0.05) is 31.8 Å². The molecule has 2 heterocycles. The molecule has 1 N–H and O–H groups in total. The molecule has 0 aromatic carbocycles. The van der Waals surface area contributed by atoms with Gasteiger partial charge in [-0.1, -0.05) is 6.92 Å². The molecule has 106 valence electrons. The number of rotatable bonds is 2. The number of halogens is 2. The number of hydrogen-bond donors (Lipinski definition) is 1. The van der Waals surface area contributed by atoms with Crippen LogP contribution in [-0.4, -0.2) is 31.2 Å². The first-order valence-electron chi connectivity index (χ1n) is 6.77. The van der Waals surface area contributed by atoms with E-state index in [1.807, 2.05) is 0 Å². The number of pyridine rings is 1. The third-order valence-electron chi connectivity index (χ3n) is 3.39. The lowest BCUT2D eigenvalue weighted by molar-refractivity contribution is 0.0171. The van der Waals surface area contributed by atoms with E-state index in [9.17, 15) is 8.78 Å². The van der Waals surface area contributed by atoms with Crippen LogP contribution in [0.2, 0.25) is 0 Å². The van der Waals surface area contributed by atoms with Crippen LogP contribution < -0.4 is 10.2 Å². The van der Waals surface area contributed by atoms with E-state index in [2.05, 4.69) is 22.1 Å². The maximum atomic E-state index is 13.1. The zero-order valence-corrected chi connectivity index (χ0v) is 11.5. The molecule has 1 aromatic heterocycles. The van der Waals surface area contributed by atoms with Crippen LogP contribution >= 0.6 is 0 Å². The first-order chi connectivity index (χ1) is 8.97. The average Bonchev–Trinajstić information content (AvgIpc) is 2.33. The van der Waals surface area contributed by atoms with Crippen LogP contribution in [0, 0.1) is 5.92 Å². The Hall–Kier alpha value is -1.23. The summed E-state index contributed by atoms with van der Waals surface area (Å²) in [6.07, 6.45) is 2.33. The number of aromatic nitrogens is 1. The molecular weight excluding hydrogens is 248 g/mol. The van der Waals surface area contributed by atoms with E-state index in [-0.39, 0.29) is 5.56 Å². The van der Waals surface area contributed by atoms with Gasteiger partial charge in [0.15, 0.2) is 0 Å². The SMILES string of the molecule is CC1CNCCCN(c2ccc(C(C)(F)F)cn2)C1. The van der Waals surface area contributed by atoms with Gasteiger partial charge in [-0.15, -0.1) is 0 Å². The van der Waals surface area contributed by atoms with Gasteiger partial charge in [0.25, 0.3) is 5.92 Å². The molecule has 0 bridgehead atoms. The standard InChI is InChI=1S/C14H21F2N3/c1-11-8-17-6-3-7-19(10-11)13-5-4-12(9-18-13)14(2,15)16/h4-5,9,11,17H,3,6-8,10H2,1-2H3. The molecule has 1 fully saturated rings. The average molecular weight is 269 g/mol. The molecule has 0 radical (unpaired) electrons. The molecule has 0 amide bonds. The zero-order chi connectivity index (χ0) is 13.9. The first-order valence-corrected chi connectivity index (χ1v) is 6.77. The van der Waals surface area contributed by atoms with Crippen molar-refractivity contribution in [2.24, 2.45) is 5.92 Å². The minimum Gasteiger partial charge on any atom is -0.356 e. The summed E-state index contributed by atoms with van der Waals surface area (Å²) in [4.78, 5) is 6.38. The van der Waals surface area contributed by atoms with Crippen molar-refractivity contribution in [3.8, 4) is 0 Å². The van der Waals surface area contributed by atoms with Crippen molar-refractivity contribution in [3.05, 3.63) is 23.9 Å². The van der Waals surface area contributed by atoms with Gasteiger partial charge in [0.05, 0.1) is 0 Å². The predicted octanol–water partition coefficient (Wildman–Crippen LogP) is 2.63. The Morgan fingerprint density at radius 3 is 2.84 bits per heavy atom. The molecule has 5 heteroatoms. The Balaban J connectivity index is 2.11. The van der Waals surface area contributed by atoms with E-state index in [0.717, 1.165) is 45.3 Å². The van der Waals surface area contributed by atoms with Crippen molar-refractivity contribution in [1.29, 1.82) is 0 Å². The minimum atomic E-state index is -2.82. The van der Waals surface area contributed by atoms with Gasteiger partial charge in [-0.3, -0.25) is 0 Å². The summed E-state index contributed by atoms with van der Waals surface area (Å²) in [5.74, 6) is -1.50. The summed E-state index contributed by atoms with van der Waals surface area (Å²) < 4.78 is 26.3. The van der Waals surface area contributed by atoms with Crippen molar-refractivity contribution in [3.63, 3.8) is 0 Å². The smallest absolute Gasteiger partial charge is 0.272 e. The van der Waals surface area contributed by atoms with Crippen LogP contribution in [-0.2, 0) is 5.92 Å². The Morgan fingerprint density at radius 2 is 2.21 bits per heavy atom. The number of anilines is 1. The van der Waals surface area contributed by atoms with E-state index >= 15 is 0 Å². The van der Waals surface area contributed by atoms with Crippen LogP contribution in [0.5, 0.6) is 0 Å². The van der Waals surface area contributed by atoms with Crippen molar-refractivity contribution >= 4 is 5.82 Å². The largest absolute Gasteiger partial charge is 0.356 e. The topological polar surface area (TPSA) is 28.2 Å². The van der Waals surface area contributed by atoms with Crippen molar-refractivity contribution in [1.82, 2.24) is 10.3 Å². The number of nitrogens with one attached hydrogen (secondary N) is 1. The van der Waals surface area contributed by atoms with Crippen LogP contribution in [0.1, 0.15) is 25.8 Å². The Morgan fingerprint density at radius 1 is 1.42 bits per heavy atom. The van der Waals surface area contributed by atoms with Gasteiger partial charge in [-0.05, 0) is 37.6 Å². The highest BCUT2D eigenvalue weighted by Crippen LogP contribution is 2.27. The number of nitrogens with zero attached hydrogens (tertiary/aromatic N) is 2. The van der Waals surface area contributed by atoms with Crippen molar-refractivity contribution in [2.75, 3.05) is 31.1 Å². The van der Waals surface area contributed by atoms with Crippen LogP contribution in [0.15, 0.2) is 18.3 Å². The maximum absolute atomic E-state index is 13.1. The minimum absolute atomic E-state index is 0.0296. The molecule has 3 nitrogen and oxygen atoms in total. The molecule has 1 atom stereocenters. The summed E-state index contributed by atoms with van der Waals surface area (Å²) in [6.45, 7) is 6.87. The van der Waals surface area contributed by atoms with Gasteiger partial charge in [0.1, 0.15) is 5.82 Å².